The quantitative estimate of drug-likeness (QED) is 0.511. The predicted molar refractivity (Wildman–Crippen MR) is 99.9 cm³/mol. The molecule has 0 aliphatic rings. The average molecular weight is 296 g/mol. The van der Waals surface area contributed by atoms with Crippen LogP contribution in [0.1, 0.15) is 75.6 Å². The summed E-state index contributed by atoms with van der Waals surface area (Å²) in [6.45, 7) is 9.17. The molecule has 0 radical (unpaired) electrons. The highest BCUT2D eigenvalue weighted by atomic mass is 14.2. The van der Waals surface area contributed by atoms with E-state index >= 15 is 0 Å². The fourth-order valence-corrected chi connectivity index (χ4v) is 3.70. The fourth-order valence-electron chi connectivity index (χ4n) is 3.70. The molecule has 2 aromatic rings. The second-order valence-electron chi connectivity index (χ2n) is 6.52. The third kappa shape index (κ3) is 3.54. The van der Waals surface area contributed by atoms with E-state index in [-0.39, 0.29) is 0 Å². The van der Waals surface area contributed by atoms with Crippen LogP contribution in [-0.4, -0.2) is 0 Å². The Morgan fingerprint density at radius 3 is 0.864 bits per heavy atom. The summed E-state index contributed by atoms with van der Waals surface area (Å²) in [5.41, 5.74) is 6.27. The minimum absolute atomic E-state index is 1.20. The first-order chi connectivity index (χ1) is 10.8. The molecule has 0 unspecified atom stereocenters. The van der Waals surface area contributed by atoms with Gasteiger partial charge >= 0.3 is 0 Å². The lowest BCUT2D eigenvalue weighted by atomic mass is 9.87. The molecule has 2 rings (SSSR count). The number of rotatable bonds is 8. The van der Waals surface area contributed by atoms with E-state index in [1.807, 2.05) is 0 Å². The average Bonchev–Trinajstić information content (AvgIpc) is 2.52. The van der Waals surface area contributed by atoms with E-state index in [9.17, 15) is 0 Å². The summed E-state index contributed by atoms with van der Waals surface area (Å²) < 4.78 is 0. The lowest BCUT2D eigenvalue weighted by molar-refractivity contribution is 0.893. The summed E-state index contributed by atoms with van der Waals surface area (Å²) in [6, 6.07) is 9.63. The van der Waals surface area contributed by atoms with Crippen molar-refractivity contribution in [1.82, 2.24) is 0 Å². The zero-order valence-corrected chi connectivity index (χ0v) is 15.0. The highest BCUT2D eigenvalue weighted by Gasteiger charge is 2.13. The van der Waals surface area contributed by atoms with E-state index in [1.165, 1.54) is 51.4 Å². The van der Waals surface area contributed by atoms with Crippen LogP contribution in [0.5, 0.6) is 0 Å². The van der Waals surface area contributed by atoms with Gasteiger partial charge in [-0.05, 0) is 58.7 Å². The van der Waals surface area contributed by atoms with Crippen molar-refractivity contribution < 1.29 is 0 Å². The topological polar surface area (TPSA) is 0 Å². The molecule has 0 aliphatic heterocycles. The van der Waals surface area contributed by atoms with Crippen molar-refractivity contribution in [2.75, 3.05) is 0 Å². The van der Waals surface area contributed by atoms with Crippen LogP contribution < -0.4 is 0 Å². The molecule has 0 saturated heterocycles. The van der Waals surface area contributed by atoms with Gasteiger partial charge in [0.25, 0.3) is 0 Å². The van der Waals surface area contributed by atoms with Gasteiger partial charge in [0.15, 0.2) is 0 Å². The van der Waals surface area contributed by atoms with E-state index < -0.39 is 0 Å². The number of hydrogen-bond donors (Lipinski definition) is 0. The highest BCUT2D eigenvalue weighted by Crippen LogP contribution is 2.32. The molecule has 0 fully saturated rings. The molecule has 0 heterocycles. The van der Waals surface area contributed by atoms with Gasteiger partial charge in [-0.25, -0.2) is 0 Å². The Morgan fingerprint density at radius 1 is 0.455 bits per heavy atom. The molecule has 0 aromatic heterocycles. The van der Waals surface area contributed by atoms with E-state index in [0.717, 1.165) is 0 Å². The molecule has 22 heavy (non-hydrogen) atoms. The molecular weight excluding hydrogens is 264 g/mol. The van der Waals surface area contributed by atoms with Gasteiger partial charge in [0.2, 0.25) is 0 Å². The Balaban J connectivity index is 2.76. The van der Waals surface area contributed by atoms with Crippen molar-refractivity contribution in [3.63, 3.8) is 0 Å². The summed E-state index contributed by atoms with van der Waals surface area (Å²) >= 11 is 0. The van der Waals surface area contributed by atoms with Crippen LogP contribution in [0.4, 0.5) is 0 Å². The molecular formula is C22H32. The van der Waals surface area contributed by atoms with Gasteiger partial charge in [-0.1, -0.05) is 77.6 Å². The maximum absolute atomic E-state index is 2.41. The third-order valence-electron chi connectivity index (χ3n) is 4.58. The van der Waals surface area contributed by atoms with Crippen molar-refractivity contribution in [1.29, 1.82) is 0 Å². The summed E-state index contributed by atoms with van der Waals surface area (Å²) in [4.78, 5) is 0. The smallest absolute Gasteiger partial charge is 0.0114 e. The maximum atomic E-state index is 2.41. The third-order valence-corrected chi connectivity index (χ3v) is 4.58. The maximum Gasteiger partial charge on any atom is -0.0114 e. The van der Waals surface area contributed by atoms with Crippen molar-refractivity contribution in [2.24, 2.45) is 0 Å². The van der Waals surface area contributed by atoms with Crippen molar-refractivity contribution in [3.05, 3.63) is 46.5 Å². The van der Waals surface area contributed by atoms with Crippen LogP contribution >= 0.6 is 0 Å². The highest BCUT2D eigenvalue weighted by molar-refractivity contribution is 5.94. The molecule has 0 saturated carbocycles. The Labute approximate surface area is 136 Å². The number of benzene rings is 2. The Hall–Kier alpha value is -1.30. The van der Waals surface area contributed by atoms with E-state index in [1.54, 1.807) is 33.0 Å². The number of aryl methyl sites for hydroxylation is 4. The first-order valence-corrected chi connectivity index (χ1v) is 9.31. The van der Waals surface area contributed by atoms with Gasteiger partial charge in [-0.2, -0.15) is 0 Å². The van der Waals surface area contributed by atoms with Crippen LogP contribution in [-0.2, 0) is 25.7 Å². The monoisotopic (exact) mass is 296 g/mol. The number of hydrogen-bond acceptors (Lipinski definition) is 0. The van der Waals surface area contributed by atoms with Crippen molar-refractivity contribution >= 4 is 10.8 Å². The van der Waals surface area contributed by atoms with Gasteiger partial charge in [0.1, 0.15) is 0 Å². The summed E-state index contributed by atoms with van der Waals surface area (Å²) in [5.74, 6) is 0. The lowest BCUT2D eigenvalue weighted by Gasteiger charge is -2.18. The second-order valence-corrected chi connectivity index (χ2v) is 6.52. The zero-order valence-electron chi connectivity index (χ0n) is 15.0. The zero-order chi connectivity index (χ0) is 15.9. The van der Waals surface area contributed by atoms with Crippen LogP contribution in [0.3, 0.4) is 0 Å². The Morgan fingerprint density at radius 2 is 0.682 bits per heavy atom. The van der Waals surface area contributed by atoms with E-state index in [0.29, 0.717) is 0 Å². The molecule has 0 spiro atoms. The largest absolute Gasteiger partial charge is 0.0651 e. The van der Waals surface area contributed by atoms with Crippen LogP contribution in [0.2, 0.25) is 0 Å². The molecule has 0 heteroatoms. The van der Waals surface area contributed by atoms with Crippen LogP contribution in [0, 0.1) is 0 Å². The summed E-state index contributed by atoms with van der Waals surface area (Å²) in [7, 11) is 0. The van der Waals surface area contributed by atoms with Crippen LogP contribution in [0.15, 0.2) is 24.3 Å². The second kappa shape index (κ2) is 8.36. The van der Waals surface area contributed by atoms with Gasteiger partial charge in [0, 0.05) is 0 Å². The predicted octanol–water partition coefficient (Wildman–Crippen LogP) is 6.65. The normalized spacial score (nSPS) is 11.3. The van der Waals surface area contributed by atoms with E-state index in [4.69, 9.17) is 0 Å². The fraction of sp³-hybridized carbons (Fsp3) is 0.545. The van der Waals surface area contributed by atoms with Gasteiger partial charge in [-0.15, -0.1) is 0 Å². The first kappa shape index (κ1) is 17.1. The van der Waals surface area contributed by atoms with Crippen molar-refractivity contribution in [2.45, 2.75) is 79.1 Å². The summed E-state index contributed by atoms with van der Waals surface area (Å²) in [5, 5.41) is 3.20. The molecule has 0 N–H and O–H groups in total. The molecule has 0 bridgehead atoms. The standard InChI is InChI=1S/C22H32/c1-5-9-17-13-14-19(11-7-3)22-20(12-8-4)16-15-18(10-6-2)21(17)22/h13-16H,5-12H2,1-4H3. The Bertz CT molecular complexity index is 502. The SMILES string of the molecule is CCCc1ccc(CCC)c2c(CCC)ccc(CCC)c12. The molecule has 0 amide bonds. The lowest BCUT2D eigenvalue weighted by Crippen LogP contribution is -2.00. The first-order valence-electron chi connectivity index (χ1n) is 9.31. The minimum atomic E-state index is 1.20. The molecule has 0 aliphatic carbocycles. The molecule has 120 valence electrons. The van der Waals surface area contributed by atoms with E-state index in [2.05, 4.69) is 52.0 Å². The van der Waals surface area contributed by atoms with Gasteiger partial charge in [-0.3, -0.25) is 0 Å². The van der Waals surface area contributed by atoms with Gasteiger partial charge < -0.3 is 0 Å². The number of fused-ring (bicyclic) bond motifs is 1. The molecule has 2 aromatic carbocycles. The summed E-state index contributed by atoms with van der Waals surface area (Å²) in [6.07, 6.45) is 9.73. The molecule has 0 atom stereocenters. The molecule has 0 nitrogen and oxygen atoms in total. The van der Waals surface area contributed by atoms with Crippen LogP contribution in [0.25, 0.3) is 10.8 Å². The van der Waals surface area contributed by atoms with Gasteiger partial charge in [0.05, 0.1) is 0 Å². The van der Waals surface area contributed by atoms with Crippen molar-refractivity contribution in [3.8, 4) is 0 Å². The Kier molecular flexibility index (Phi) is 6.49. The minimum Gasteiger partial charge on any atom is -0.0651 e.